The number of rotatable bonds is 2. The first kappa shape index (κ1) is 23.9. The number of nitrogens with zero attached hydrogens (tertiary/aromatic N) is 4. The molecule has 0 aliphatic rings. The van der Waals surface area contributed by atoms with Crippen LogP contribution in [0.1, 0.15) is 11.1 Å². The fraction of sp³-hybridized carbons (Fsp3) is 0. The van der Waals surface area contributed by atoms with Gasteiger partial charge in [0.15, 0.2) is 10.9 Å². The van der Waals surface area contributed by atoms with Crippen LogP contribution in [0, 0.1) is 59.1 Å². The number of benzene rings is 3. The highest BCUT2D eigenvalue weighted by atomic mass is 19.1. The number of hydrogen-bond acceptors (Lipinski definition) is 4. The molecule has 0 heterocycles. The van der Waals surface area contributed by atoms with Gasteiger partial charge in [0.1, 0.15) is 35.4 Å². The van der Waals surface area contributed by atoms with E-state index in [1.54, 1.807) is 6.07 Å². The highest BCUT2D eigenvalue weighted by Crippen LogP contribution is 2.41. The fourth-order valence-corrected chi connectivity index (χ4v) is 4.51. The minimum Gasteiger partial charge on any atom is -0.290 e. The first-order chi connectivity index (χ1) is 18.2. The summed E-state index contributed by atoms with van der Waals surface area (Å²) in [7, 11) is 0. The molecule has 0 radical (unpaired) electrons. The van der Waals surface area contributed by atoms with E-state index in [0.29, 0.717) is 24.3 Å². The van der Waals surface area contributed by atoms with Gasteiger partial charge in [0.05, 0.1) is 29.8 Å². The highest BCUT2D eigenvalue weighted by Gasteiger charge is 2.27. The molecular weight excluding hydrogens is 500 g/mol. The maximum Gasteiger partial charge on any atom is 0.224 e. The Bertz CT molecular complexity index is 2010. The van der Waals surface area contributed by atoms with Crippen molar-refractivity contribution >= 4 is 32.9 Å². The summed E-state index contributed by atoms with van der Waals surface area (Å²) in [4.78, 5) is 32.8. The summed E-state index contributed by atoms with van der Waals surface area (Å²) in [6, 6.07) is 7.91. The molecule has 178 valence electrons. The van der Waals surface area contributed by atoms with Gasteiger partial charge in [-0.3, -0.25) is 9.59 Å². The lowest BCUT2D eigenvalue weighted by atomic mass is 10.0. The van der Waals surface area contributed by atoms with Crippen molar-refractivity contribution in [1.29, 1.82) is 10.5 Å². The molecule has 0 saturated heterocycles. The van der Waals surface area contributed by atoms with Crippen LogP contribution < -0.4 is 10.9 Å². The second kappa shape index (κ2) is 8.38. The van der Waals surface area contributed by atoms with Crippen molar-refractivity contribution in [1.82, 2.24) is 0 Å². The quantitative estimate of drug-likeness (QED) is 0.207. The summed E-state index contributed by atoms with van der Waals surface area (Å²) < 4.78 is 58.0. The predicted molar refractivity (Wildman–Crippen MR) is 129 cm³/mol. The van der Waals surface area contributed by atoms with E-state index in [4.69, 9.17) is 18.4 Å². The molecular formula is C28H6F4N4O2. The molecule has 5 aromatic carbocycles. The maximum atomic E-state index is 14.8. The van der Waals surface area contributed by atoms with Gasteiger partial charge in [-0.2, -0.15) is 10.5 Å². The van der Waals surface area contributed by atoms with E-state index in [0.717, 1.165) is 12.1 Å². The minimum absolute atomic E-state index is 0.0915. The molecule has 0 N–H and O–H groups in total. The van der Waals surface area contributed by atoms with Gasteiger partial charge in [-0.15, -0.1) is 0 Å². The van der Waals surface area contributed by atoms with Gasteiger partial charge < -0.3 is 0 Å². The molecule has 0 spiro atoms. The molecule has 0 aliphatic heterocycles. The summed E-state index contributed by atoms with van der Waals surface area (Å²) in [5, 5.41) is 18.1. The first-order valence-electron chi connectivity index (χ1n) is 10.5. The molecule has 0 amide bonds. The van der Waals surface area contributed by atoms with Crippen molar-refractivity contribution in [3.8, 4) is 34.4 Å². The summed E-state index contributed by atoms with van der Waals surface area (Å²) in [6.45, 7) is 14.5. The topological polar surface area (TPSA) is 90.4 Å². The van der Waals surface area contributed by atoms with E-state index in [9.17, 15) is 32.4 Å². The summed E-state index contributed by atoms with van der Waals surface area (Å²) in [6.07, 6.45) is 0. The molecule has 0 saturated carbocycles. The zero-order valence-electron chi connectivity index (χ0n) is 18.6. The van der Waals surface area contributed by atoms with Crippen LogP contribution in [0.15, 0.2) is 46.0 Å². The van der Waals surface area contributed by atoms with E-state index in [-0.39, 0.29) is 27.1 Å². The maximum absolute atomic E-state index is 14.8. The molecule has 0 aliphatic carbocycles. The van der Waals surface area contributed by atoms with Gasteiger partial charge in [-0.25, -0.2) is 27.3 Å². The van der Waals surface area contributed by atoms with Gasteiger partial charge in [0.2, 0.25) is 11.4 Å². The molecule has 5 rings (SSSR count). The van der Waals surface area contributed by atoms with Crippen molar-refractivity contribution in [2.75, 3.05) is 0 Å². The molecule has 5 aromatic rings. The molecule has 38 heavy (non-hydrogen) atoms. The van der Waals surface area contributed by atoms with E-state index in [1.807, 2.05) is 0 Å². The first-order valence-corrected chi connectivity index (χ1v) is 10.5. The van der Waals surface area contributed by atoms with Crippen molar-refractivity contribution in [3.63, 3.8) is 0 Å². The van der Waals surface area contributed by atoms with Crippen LogP contribution in [0.3, 0.4) is 0 Å². The zero-order valence-corrected chi connectivity index (χ0v) is 18.6. The van der Waals surface area contributed by atoms with Crippen molar-refractivity contribution in [2.24, 2.45) is 0 Å². The average Bonchev–Trinajstić information content (AvgIpc) is 3.34. The normalized spacial score (nSPS) is 10.7. The largest absolute Gasteiger partial charge is 0.290 e. The van der Waals surface area contributed by atoms with E-state index in [2.05, 4.69) is 9.69 Å². The van der Waals surface area contributed by atoms with Crippen LogP contribution in [0.25, 0.3) is 53.5 Å². The van der Waals surface area contributed by atoms with Crippen LogP contribution in [-0.2, 0) is 0 Å². The van der Waals surface area contributed by atoms with Crippen LogP contribution in [-0.4, -0.2) is 0 Å². The Morgan fingerprint density at radius 3 is 1.84 bits per heavy atom. The van der Waals surface area contributed by atoms with Crippen molar-refractivity contribution < 1.29 is 17.6 Å². The van der Waals surface area contributed by atoms with Crippen LogP contribution in [0.2, 0.25) is 0 Å². The Hall–Kier alpha value is -5.84. The highest BCUT2D eigenvalue weighted by molar-refractivity contribution is 6.14. The lowest BCUT2D eigenvalue weighted by molar-refractivity contribution is 0.600. The van der Waals surface area contributed by atoms with Crippen LogP contribution >= 0.6 is 0 Å². The Morgan fingerprint density at radius 2 is 1.21 bits per heavy atom. The zero-order chi connectivity index (χ0) is 27.5. The Labute approximate surface area is 209 Å². The summed E-state index contributed by atoms with van der Waals surface area (Å²) in [5.41, 5.74) is -5.88. The molecule has 6 nitrogen and oxygen atoms in total. The molecule has 0 aromatic heterocycles. The van der Waals surface area contributed by atoms with E-state index < -0.39 is 73.3 Å². The summed E-state index contributed by atoms with van der Waals surface area (Å²) >= 11 is 0. The third-order valence-electron chi connectivity index (χ3n) is 6.21. The minimum atomic E-state index is -1.13. The van der Waals surface area contributed by atoms with Gasteiger partial charge in [0, 0.05) is 32.8 Å². The fourth-order valence-electron chi connectivity index (χ4n) is 4.51. The van der Waals surface area contributed by atoms with Gasteiger partial charge in [-0.05, 0) is 35.7 Å². The summed E-state index contributed by atoms with van der Waals surface area (Å²) in [5.74, 6) is -4.46. The molecule has 0 unspecified atom stereocenters. The van der Waals surface area contributed by atoms with E-state index in [1.165, 1.54) is 6.07 Å². The lowest BCUT2D eigenvalue weighted by Crippen LogP contribution is -2.02. The number of hydrogen-bond donors (Lipinski definition) is 0. The number of nitriles is 2. The monoisotopic (exact) mass is 506 g/mol. The second-order valence-electron chi connectivity index (χ2n) is 8.12. The van der Waals surface area contributed by atoms with Crippen LogP contribution in [0.5, 0.6) is 0 Å². The van der Waals surface area contributed by atoms with Crippen molar-refractivity contribution in [2.45, 2.75) is 0 Å². The Balaban J connectivity index is 1.88. The molecule has 0 atom stereocenters. The van der Waals surface area contributed by atoms with E-state index >= 15 is 0 Å². The standard InChI is InChI=1S/C28H6F4N4O2/c1-35-23-8-21(31)17(7-22(23)32)25-26(36-2)13-5-14-12(4-15(13)28(25)38)18(10-34)24(27(14)37)16-6-19(29)11(9-33)3-20(16)30/h3-8H. The predicted octanol–water partition coefficient (Wildman–Crippen LogP) is 6.32. The van der Waals surface area contributed by atoms with Gasteiger partial charge in [-0.1, -0.05) is 6.07 Å². The smallest absolute Gasteiger partial charge is 0.224 e. The molecule has 0 bridgehead atoms. The van der Waals surface area contributed by atoms with Gasteiger partial charge >= 0.3 is 0 Å². The lowest BCUT2D eigenvalue weighted by Gasteiger charge is -2.03. The Morgan fingerprint density at radius 1 is 0.632 bits per heavy atom. The third-order valence-corrected chi connectivity index (χ3v) is 6.21. The molecule has 0 fully saturated rings. The van der Waals surface area contributed by atoms with Crippen LogP contribution in [0.4, 0.5) is 28.9 Å². The van der Waals surface area contributed by atoms with Crippen molar-refractivity contribution in [3.05, 3.63) is 114 Å². The number of halogens is 4. The second-order valence-corrected chi connectivity index (χ2v) is 8.12. The Kier molecular flexibility index (Phi) is 5.27. The number of fused-ring (bicyclic) bond motifs is 2. The third kappa shape index (κ3) is 3.15. The SMILES string of the molecule is [C-]#[N+]c1cc(F)c(-c2c([N+]#[C-])c3cc4c(=O)c(-c5cc(F)c(C#N)cc5F)c(C#N)c4cc3c2=O)cc1F. The van der Waals surface area contributed by atoms with Gasteiger partial charge in [0.25, 0.3) is 0 Å². The average molecular weight is 506 g/mol. The molecule has 10 heteroatoms.